The van der Waals surface area contributed by atoms with Gasteiger partial charge in [-0.15, -0.1) is 0 Å². The largest absolute Gasteiger partial charge is 0.382 e. The van der Waals surface area contributed by atoms with E-state index in [4.69, 9.17) is 5.73 Å². The Morgan fingerprint density at radius 3 is 2.94 bits per heavy atom. The number of aromatic nitrogens is 4. The van der Waals surface area contributed by atoms with Crippen LogP contribution in [0, 0.1) is 5.92 Å². The predicted molar refractivity (Wildman–Crippen MR) is 61.8 cm³/mol. The van der Waals surface area contributed by atoms with Crippen molar-refractivity contribution in [3.05, 3.63) is 12.7 Å². The van der Waals surface area contributed by atoms with E-state index in [1.807, 2.05) is 6.33 Å². The summed E-state index contributed by atoms with van der Waals surface area (Å²) in [6.45, 7) is 2.29. The Morgan fingerprint density at radius 1 is 1.31 bits per heavy atom. The zero-order valence-electron chi connectivity index (χ0n) is 9.30. The first-order chi connectivity index (χ1) is 7.75. The van der Waals surface area contributed by atoms with Gasteiger partial charge >= 0.3 is 0 Å². The maximum absolute atomic E-state index is 5.77. The molecule has 2 atom stereocenters. The summed E-state index contributed by atoms with van der Waals surface area (Å²) in [4.78, 5) is 12.5. The first-order valence-corrected chi connectivity index (χ1v) is 5.68. The molecular formula is C11H15N5. The smallest absolute Gasteiger partial charge is 0.165 e. The first kappa shape index (κ1) is 9.57. The average Bonchev–Trinajstić information content (AvgIpc) is 2.84. The highest BCUT2D eigenvalue weighted by Gasteiger charge is 2.24. The minimum Gasteiger partial charge on any atom is -0.382 e. The summed E-state index contributed by atoms with van der Waals surface area (Å²) in [7, 11) is 0. The van der Waals surface area contributed by atoms with E-state index in [-0.39, 0.29) is 0 Å². The number of nitrogens with two attached hydrogens (primary N) is 1. The molecule has 0 aliphatic heterocycles. The van der Waals surface area contributed by atoms with Crippen molar-refractivity contribution in [2.75, 3.05) is 5.73 Å². The normalized spacial score (nSPS) is 25.3. The number of rotatable bonds is 1. The maximum Gasteiger partial charge on any atom is 0.165 e. The summed E-state index contributed by atoms with van der Waals surface area (Å²) < 4.78 is 2.15. The van der Waals surface area contributed by atoms with E-state index in [0.29, 0.717) is 11.9 Å². The van der Waals surface area contributed by atoms with Crippen LogP contribution in [0.4, 0.5) is 5.82 Å². The van der Waals surface area contributed by atoms with E-state index < -0.39 is 0 Å². The molecule has 2 N–H and O–H groups in total. The molecule has 84 valence electrons. The number of hydrogen-bond donors (Lipinski definition) is 1. The summed E-state index contributed by atoms with van der Waals surface area (Å²) in [5, 5.41) is 0. The van der Waals surface area contributed by atoms with E-state index >= 15 is 0 Å². The van der Waals surface area contributed by atoms with Gasteiger partial charge in [-0.1, -0.05) is 6.92 Å². The van der Waals surface area contributed by atoms with Gasteiger partial charge in [-0.05, 0) is 25.2 Å². The van der Waals surface area contributed by atoms with Crippen molar-refractivity contribution >= 4 is 17.0 Å². The van der Waals surface area contributed by atoms with E-state index in [0.717, 1.165) is 17.1 Å². The minimum absolute atomic E-state index is 0.467. The number of anilines is 1. The fourth-order valence-corrected chi connectivity index (χ4v) is 2.57. The number of fused-ring (bicyclic) bond motifs is 1. The van der Waals surface area contributed by atoms with Gasteiger partial charge in [0.1, 0.15) is 11.8 Å². The molecule has 0 amide bonds. The monoisotopic (exact) mass is 217 g/mol. The molecule has 1 saturated carbocycles. The Bertz CT molecular complexity index is 518. The Balaban J connectivity index is 2.08. The van der Waals surface area contributed by atoms with Crippen LogP contribution >= 0.6 is 0 Å². The molecule has 2 heterocycles. The van der Waals surface area contributed by atoms with Crippen molar-refractivity contribution in [2.24, 2.45) is 5.92 Å². The van der Waals surface area contributed by atoms with Gasteiger partial charge in [0.2, 0.25) is 0 Å². The second-order valence-electron chi connectivity index (χ2n) is 4.66. The van der Waals surface area contributed by atoms with Gasteiger partial charge in [0.25, 0.3) is 0 Å². The fourth-order valence-electron chi connectivity index (χ4n) is 2.57. The molecule has 1 fully saturated rings. The highest BCUT2D eigenvalue weighted by atomic mass is 15.1. The van der Waals surface area contributed by atoms with Gasteiger partial charge in [0.05, 0.1) is 6.33 Å². The lowest BCUT2D eigenvalue weighted by atomic mass is 10.1. The number of nitrogen functional groups attached to an aromatic ring is 1. The quantitative estimate of drug-likeness (QED) is 0.790. The van der Waals surface area contributed by atoms with Crippen LogP contribution in [-0.4, -0.2) is 19.5 Å². The van der Waals surface area contributed by atoms with Crippen LogP contribution in [0.2, 0.25) is 0 Å². The summed E-state index contributed by atoms with van der Waals surface area (Å²) in [5.74, 6) is 1.26. The summed E-state index contributed by atoms with van der Waals surface area (Å²) in [5.41, 5.74) is 7.36. The molecule has 5 heteroatoms. The first-order valence-electron chi connectivity index (χ1n) is 5.68. The Morgan fingerprint density at radius 2 is 2.19 bits per heavy atom. The molecule has 0 aromatic carbocycles. The molecule has 16 heavy (non-hydrogen) atoms. The zero-order chi connectivity index (χ0) is 11.1. The zero-order valence-corrected chi connectivity index (χ0v) is 9.30. The van der Waals surface area contributed by atoms with Gasteiger partial charge < -0.3 is 10.3 Å². The lowest BCUT2D eigenvalue weighted by Gasteiger charge is -2.11. The summed E-state index contributed by atoms with van der Waals surface area (Å²) >= 11 is 0. The highest BCUT2D eigenvalue weighted by Crippen LogP contribution is 2.35. The molecule has 1 aliphatic carbocycles. The van der Waals surface area contributed by atoms with Gasteiger partial charge in [-0.2, -0.15) is 0 Å². The topological polar surface area (TPSA) is 69.6 Å². The van der Waals surface area contributed by atoms with Crippen LogP contribution in [0.5, 0.6) is 0 Å². The molecule has 2 aromatic heterocycles. The third-order valence-corrected chi connectivity index (χ3v) is 3.45. The third-order valence-electron chi connectivity index (χ3n) is 3.45. The summed E-state index contributed by atoms with van der Waals surface area (Å²) in [6, 6.07) is 0.522. The van der Waals surface area contributed by atoms with Crippen molar-refractivity contribution < 1.29 is 0 Å². The lowest BCUT2D eigenvalue weighted by molar-refractivity contribution is 0.502. The van der Waals surface area contributed by atoms with Crippen LogP contribution in [0.15, 0.2) is 12.7 Å². The predicted octanol–water partition coefficient (Wildman–Crippen LogP) is 1.77. The van der Waals surface area contributed by atoms with Crippen LogP contribution in [0.25, 0.3) is 11.2 Å². The molecule has 0 radical (unpaired) electrons. The van der Waals surface area contributed by atoms with E-state index in [1.165, 1.54) is 25.6 Å². The second kappa shape index (κ2) is 3.43. The van der Waals surface area contributed by atoms with Gasteiger partial charge in [0.15, 0.2) is 11.5 Å². The summed E-state index contributed by atoms with van der Waals surface area (Å²) in [6.07, 6.45) is 7.05. The van der Waals surface area contributed by atoms with Crippen LogP contribution in [0.3, 0.4) is 0 Å². The molecular weight excluding hydrogens is 202 g/mol. The fraction of sp³-hybridized carbons (Fsp3) is 0.545. The molecule has 0 saturated heterocycles. The Labute approximate surface area is 93.7 Å². The van der Waals surface area contributed by atoms with Gasteiger partial charge in [0, 0.05) is 6.04 Å². The van der Waals surface area contributed by atoms with Crippen molar-refractivity contribution in [2.45, 2.75) is 32.2 Å². The average molecular weight is 217 g/mol. The third kappa shape index (κ3) is 1.35. The van der Waals surface area contributed by atoms with Crippen LogP contribution in [-0.2, 0) is 0 Å². The number of imidazole rings is 1. The molecule has 0 bridgehead atoms. The number of hydrogen-bond acceptors (Lipinski definition) is 4. The van der Waals surface area contributed by atoms with Crippen molar-refractivity contribution in [3.8, 4) is 0 Å². The molecule has 2 aromatic rings. The SMILES string of the molecule is C[C@@H]1CC[C@H](n2cnc3c(N)ncnc32)C1. The molecule has 0 spiro atoms. The Kier molecular flexibility index (Phi) is 2.05. The Hall–Kier alpha value is -1.65. The maximum atomic E-state index is 5.77. The van der Waals surface area contributed by atoms with Crippen molar-refractivity contribution in [1.29, 1.82) is 0 Å². The second-order valence-corrected chi connectivity index (χ2v) is 4.66. The highest BCUT2D eigenvalue weighted by molar-refractivity contribution is 5.81. The van der Waals surface area contributed by atoms with Crippen molar-refractivity contribution in [1.82, 2.24) is 19.5 Å². The lowest BCUT2D eigenvalue weighted by Crippen LogP contribution is -2.05. The van der Waals surface area contributed by atoms with Crippen LogP contribution < -0.4 is 5.73 Å². The van der Waals surface area contributed by atoms with Gasteiger partial charge in [-0.25, -0.2) is 15.0 Å². The van der Waals surface area contributed by atoms with Crippen LogP contribution in [0.1, 0.15) is 32.2 Å². The van der Waals surface area contributed by atoms with E-state index in [2.05, 4.69) is 26.4 Å². The van der Waals surface area contributed by atoms with E-state index in [9.17, 15) is 0 Å². The molecule has 0 unspecified atom stereocenters. The standard InChI is InChI=1S/C11H15N5/c1-7-2-3-8(4-7)16-6-15-9-10(12)13-5-14-11(9)16/h5-8H,2-4H2,1H3,(H2,12,13,14)/t7-,8+/m1/s1. The van der Waals surface area contributed by atoms with E-state index in [1.54, 1.807) is 0 Å². The van der Waals surface area contributed by atoms with Crippen molar-refractivity contribution in [3.63, 3.8) is 0 Å². The molecule has 3 rings (SSSR count). The molecule has 1 aliphatic rings. The minimum atomic E-state index is 0.467. The van der Waals surface area contributed by atoms with Gasteiger partial charge in [-0.3, -0.25) is 0 Å². The molecule has 5 nitrogen and oxygen atoms in total. The number of nitrogens with zero attached hydrogens (tertiary/aromatic N) is 4.